The number of nitrogens with zero attached hydrogens (tertiary/aromatic N) is 1. The molecule has 0 saturated heterocycles. The number of aryl methyl sites for hydroxylation is 1. The highest BCUT2D eigenvalue weighted by molar-refractivity contribution is 9.09. The maximum Gasteiger partial charge on any atom is 0.283 e. The van der Waals surface area contributed by atoms with E-state index in [1.165, 1.54) is 19.1 Å². The second-order valence-corrected chi connectivity index (χ2v) is 3.73. The van der Waals surface area contributed by atoms with E-state index in [-0.39, 0.29) is 22.1 Å². The number of nitro benzene ring substituents is 1. The maximum atomic E-state index is 11.5. The van der Waals surface area contributed by atoms with Crippen molar-refractivity contribution in [3.63, 3.8) is 0 Å². The molecule has 0 atom stereocenters. The van der Waals surface area contributed by atoms with Crippen LogP contribution < -0.4 is 0 Å². The minimum Gasteiger partial charge on any atom is -0.298 e. The smallest absolute Gasteiger partial charge is 0.283 e. The molecule has 0 bridgehead atoms. The first-order valence-corrected chi connectivity index (χ1v) is 5.46. The van der Waals surface area contributed by atoms with Crippen LogP contribution in [0.15, 0.2) is 12.1 Å². The summed E-state index contributed by atoms with van der Waals surface area (Å²) >= 11 is 2.95. The van der Waals surface area contributed by atoms with Gasteiger partial charge in [-0.1, -0.05) is 15.9 Å². The average molecular weight is 286 g/mol. The number of benzene rings is 1. The van der Waals surface area contributed by atoms with Gasteiger partial charge in [-0.05, 0) is 19.1 Å². The zero-order valence-electron chi connectivity index (χ0n) is 8.40. The van der Waals surface area contributed by atoms with E-state index < -0.39 is 10.7 Å². The molecule has 0 radical (unpaired) electrons. The topological polar surface area (TPSA) is 77.3 Å². The Kier molecular flexibility index (Phi) is 3.89. The number of Topliss-reactive ketones (excluding diaryl/α,β-unsaturated/α-hetero) is 1. The van der Waals surface area contributed by atoms with Crippen LogP contribution in [0.3, 0.4) is 0 Å². The summed E-state index contributed by atoms with van der Waals surface area (Å²) in [4.78, 5) is 32.3. The van der Waals surface area contributed by atoms with E-state index in [0.29, 0.717) is 11.8 Å². The Bertz CT molecular complexity index is 470. The zero-order valence-corrected chi connectivity index (χ0v) is 9.98. The van der Waals surface area contributed by atoms with E-state index in [1.54, 1.807) is 0 Å². The predicted octanol–water partition coefficient (Wildman–Crippen LogP) is 2.29. The van der Waals surface area contributed by atoms with Gasteiger partial charge in [0.1, 0.15) is 6.29 Å². The van der Waals surface area contributed by atoms with E-state index >= 15 is 0 Å². The summed E-state index contributed by atoms with van der Waals surface area (Å²) < 4.78 is 0. The van der Waals surface area contributed by atoms with Gasteiger partial charge >= 0.3 is 0 Å². The Morgan fingerprint density at radius 1 is 1.56 bits per heavy atom. The lowest BCUT2D eigenvalue weighted by atomic mass is 10.0. The molecule has 5 nitrogen and oxygen atoms in total. The molecule has 0 saturated carbocycles. The number of hydrogen-bond acceptors (Lipinski definition) is 4. The van der Waals surface area contributed by atoms with Gasteiger partial charge in [-0.3, -0.25) is 19.7 Å². The van der Waals surface area contributed by atoms with Crippen LogP contribution in [0.2, 0.25) is 0 Å². The predicted molar refractivity (Wildman–Crippen MR) is 61.3 cm³/mol. The van der Waals surface area contributed by atoms with Gasteiger partial charge in [0.2, 0.25) is 0 Å². The molecule has 1 aromatic rings. The second-order valence-electron chi connectivity index (χ2n) is 3.17. The van der Waals surface area contributed by atoms with Gasteiger partial charge < -0.3 is 0 Å². The number of rotatable bonds is 4. The maximum absolute atomic E-state index is 11.5. The standard InChI is InChI=1S/C10H8BrNO4/c1-6-2-7(5-13)3-8(9(14)4-11)10(6)12(15)16/h2-3,5H,4H2,1H3. The van der Waals surface area contributed by atoms with Gasteiger partial charge in [0.25, 0.3) is 5.69 Å². The third-order valence-corrected chi connectivity index (χ3v) is 2.57. The van der Waals surface area contributed by atoms with Crippen LogP contribution in [-0.2, 0) is 0 Å². The average Bonchev–Trinajstić information content (AvgIpc) is 2.26. The zero-order chi connectivity index (χ0) is 12.3. The van der Waals surface area contributed by atoms with Crippen LogP contribution in [0.5, 0.6) is 0 Å². The largest absolute Gasteiger partial charge is 0.298 e. The highest BCUT2D eigenvalue weighted by Crippen LogP contribution is 2.25. The monoisotopic (exact) mass is 285 g/mol. The summed E-state index contributed by atoms with van der Waals surface area (Å²) in [6.07, 6.45) is 0.557. The first-order valence-electron chi connectivity index (χ1n) is 4.34. The van der Waals surface area contributed by atoms with Crippen molar-refractivity contribution < 1.29 is 14.5 Å². The number of carbonyl (C=O) groups is 2. The van der Waals surface area contributed by atoms with E-state index in [9.17, 15) is 19.7 Å². The summed E-state index contributed by atoms with van der Waals surface area (Å²) in [7, 11) is 0. The molecule has 0 unspecified atom stereocenters. The Hall–Kier alpha value is -1.56. The van der Waals surface area contributed by atoms with Crippen molar-refractivity contribution in [2.24, 2.45) is 0 Å². The Labute approximate surface area is 99.7 Å². The minimum atomic E-state index is -0.611. The summed E-state index contributed by atoms with van der Waals surface area (Å²) in [5, 5.41) is 10.8. The fourth-order valence-corrected chi connectivity index (χ4v) is 1.70. The summed E-state index contributed by atoms with van der Waals surface area (Å²) in [5.41, 5.74) is 0.283. The lowest BCUT2D eigenvalue weighted by molar-refractivity contribution is -0.385. The Balaban J connectivity index is 3.52. The molecule has 16 heavy (non-hydrogen) atoms. The molecule has 0 aromatic heterocycles. The van der Waals surface area contributed by atoms with Gasteiger partial charge in [-0.15, -0.1) is 0 Å². The first-order chi connectivity index (χ1) is 7.51. The van der Waals surface area contributed by atoms with Crippen molar-refractivity contribution in [1.29, 1.82) is 0 Å². The molecule has 0 aliphatic heterocycles. The molecule has 84 valence electrons. The fraction of sp³-hybridized carbons (Fsp3) is 0.200. The van der Waals surface area contributed by atoms with E-state index in [0.717, 1.165) is 0 Å². The Morgan fingerprint density at radius 2 is 2.19 bits per heavy atom. The number of nitro groups is 1. The third-order valence-electron chi connectivity index (χ3n) is 2.06. The van der Waals surface area contributed by atoms with Crippen molar-refractivity contribution >= 4 is 33.7 Å². The quantitative estimate of drug-likeness (QED) is 0.280. The molecular weight excluding hydrogens is 278 g/mol. The molecular formula is C10H8BrNO4. The summed E-state index contributed by atoms with van der Waals surface area (Å²) in [6.45, 7) is 1.50. The summed E-state index contributed by atoms with van der Waals surface area (Å²) in [6, 6.07) is 2.62. The number of hydrogen-bond donors (Lipinski definition) is 0. The highest BCUT2D eigenvalue weighted by Gasteiger charge is 2.22. The minimum absolute atomic E-state index is 0.0183. The lowest BCUT2D eigenvalue weighted by Gasteiger charge is -2.04. The molecule has 6 heteroatoms. The lowest BCUT2D eigenvalue weighted by Crippen LogP contribution is -2.07. The van der Waals surface area contributed by atoms with Gasteiger partial charge in [-0.25, -0.2) is 0 Å². The van der Waals surface area contributed by atoms with Crippen molar-refractivity contribution in [3.8, 4) is 0 Å². The number of alkyl halides is 1. The van der Waals surface area contributed by atoms with E-state index in [2.05, 4.69) is 15.9 Å². The fourth-order valence-electron chi connectivity index (χ4n) is 1.40. The Morgan fingerprint density at radius 3 is 2.62 bits per heavy atom. The molecule has 0 N–H and O–H groups in total. The summed E-state index contributed by atoms with van der Waals surface area (Å²) in [5.74, 6) is -0.418. The van der Waals surface area contributed by atoms with Crippen molar-refractivity contribution in [2.75, 3.05) is 5.33 Å². The number of halogens is 1. The van der Waals surface area contributed by atoms with Crippen molar-refractivity contribution in [2.45, 2.75) is 6.92 Å². The van der Waals surface area contributed by atoms with E-state index in [1.807, 2.05) is 0 Å². The first kappa shape index (κ1) is 12.5. The van der Waals surface area contributed by atoms with Crippen LogP contribution in [0, 0.1) is 17.0 Å². The highest BCUT2D eigenvalue weighted by atomic mass is 79.9. The number of aldehydes is 1. The van der Waals surface area contributed by atoms with Crippen molar-refractivity contribution in [3.05, 3.63) is 38.9 Å². The van der Waals surface area contributed by atoms with Crippen molar-refractivity contribution in [1.82, 2.24) is 0 Å². The molecule has 1 aromatic carbocycles. The second kappa shape index (κ2) is 4.98. The molecule has 1 rings (SSSR count). The van der Waals surface area contributed by atoms with Crippen LogP contribution >= 0.6 is 15.9 Å². The molecule has 0 fully saturated rings. The van der Waals surface area contributed by atoms with Crippen LogP contribution in [0.25, 0.3) is 0 Å². The third kappa shape index (κ3) is 2.33. The van der Waals surface area contributed by atoms with Gasteiger partial charge in [0, 0.05) is 11.1 Å². The molecule has 0 heterocycles. The number of carbonyl (C=O) groups excluding carboxylic acids is 2. The molecule has 0 spiro atoms. The molecule has 0 aliphatic rings. The number of ketones is 1. The molecule has 0 amide bonds. The van der Waals surface area contributed by atoms with Gasteiger partial charge in [-0.2, -0.15) is 0 Å². The SMILES string of the molecule is Cc1cc(C=O)cc(C(=O)CBr)c1[N+](=O)[O-]. The molecule has 0 aliphatic carbocycles. The van der Waals surface area contributed by atoms with Crippen LogP contribution in [-0.4, -0.2) is 22.3 Å². The van der Waals surface area contributed by atoms with Gasteiger partial charge in [0.15, 0.2) is 5.78 Å². The normalized spacial score (nSPS) is 9.88. The van der Waals surface area contributed by atoms with Crippen LogP contribution in [0.1, 0.15) is 26.3 Å². The van der Waals surface area contributed by atoms with Gasteiger partial charge in [0.05, 0.1) is 15.8 Å². The van der Waals surface area contributed by atoms with E-state index in [4.69, 9.17) is 0 Å². The van der Waals surface area contributed by atoms with Crippen LogP contribution in [0.4, 0.5) is 5.69 Å².